The highest BCUT2D eigenvalue weighted by Gasteiger charge is 2.53. The Morgan fingerprint density at radius 1 is 1.35 bits per heavy atom. The van der Waals surface area contributed by atoms with Crippen molar-refractivity contribution in [3.63, 3.8) is 0 Å². The van der Waals surface area contributed by atoms with Gasteiger partial charge in [0.1, 0.15) is 5.71 Å². The molecule has 0 saturated carbocycles. The number of carbonyl (C=O) groups excluding carboxylic acids is 1. The smallest absolute Gasteiger partial charge is 0.364 e. The summed E-state index contributed by atoms with van der Waals surface area (Å²) in [5.41, 5.74) is -5.46. The Kier molecular flexibility index (Phi) is 5.31. The van der Waals surface area contributed by atoms with Crippen LogP contribution in [-0.2, 0) is 17.5 Å². The first-order chi connectivity index (χ1) is 11.9. The highest BCUT2D eigenvalue weighted by atomic mass is 19.4. The van der Waals surface area contributed by atoms with Crippen molar-refractivity contribution in [1.29, 1.82) is 0 Å². The molecule has 2 rings (SSSR count). The minimum absolute atomic E-state index is 0.0486. The molecule has 1 aliphatic heterocycles. The molecule has 1 aromatic heterocycles. The number of hydrazone groups is 1. The van der Waals surface area contributed by atoms with Crippen molar-refractivity contribution in [3.8, 4) is 0 Å². The summed E-state index contributed by atoms with van der Waals surface area (Å²) >= 11 is 0. The predicted octanol–water partition coefficient (Wildman–Crippen LogP) is 2.41. The normalized spacial score (nSPS) is 21.0. The van der Waals surface area contributed by atoms with Gasteiger partial charge in [-0.05, 0) is 13.0 Å². The van der Waals surface area contributed by atoms with Crippen LogP contribution < -0.4 is 0 Å². The van der Waals surface area contributed by atoms with Crippen LogP contribution in [0.4, 0.5) is 30.7 Å². The van der Waals surface area contributed by atoms with Gasteiger partial charge in [0.25, 0.3) is 12.9 Å². The van der Waals surface area contributed by atoms with E-state index in [9.17, 15) is 40.6 Å². The number of alkyl halides is 7. The van der Waals surface area contributed by atoms with Crippen LogP contribution in [0.1, 0.15) is 24.2 Å². The van der Waals surface area contributed by atoms with Crippen LogP contribution in [0.5, 0.6) is 0 Å². The minimum Gasteiger partial charge on any atom is -0.364 e. The van der Waals surface area contributed by atoms with Gasteiger partial charge in [-0.2, -0.15) is 28.4 Å². The molecule has 26 heavy (non-hydrogen) atoms. The molecule has 1 N–H and O–H groups in total. The van der Waals surface area contributed by atoms with Gasteiger partial charge in [-0.3, -0.25) is 9.48 Å². The van der Waals surface area contributed by atoms with Crippen molar-refractivity contribution in [3.05, 3.63) is 17.5 Å². The van der Waals surface area contributed by atoms with E-state index in [0.717, 1.165) is 10.7 Å². The summed E-state index contributed by atoms with van der Waals surface area (Å²) in [4.78, 5) is 12.0. The minimum atomic E-state index is -4.71. The van der Waals surface area contributed by atoms with E-state index in [1.54, 1.807) is 0 Å². The quantitative estimate of drug-likeness (QED) is 0.785. The van der Waals surface area contributed by atoms with Gasteiger partial charge in [-0.1, -0.05) is 0 Å². The third-order valence-electron chi connectivity index (χ3n) is 3.68. The summed E-state index contributed by atoms with van der Waals surface area (Å²) in [6.45, 7) is 0.835. The van der Waals surface area contributed by atoms with E-state index in [1.807, 2.05) is 0 Å². The number of hydrogen-bond donors (Lipinski definition) is 1. The molecule has 1 aromatic rings. The highest BCUT2D eigenvalue weighted by molar-refractivity contribution is 5.92. The summed E-state index contributed by atoms with van der Waals surface area (Å²) in [7, 11) is 0. The molecule has 0 radical (unpaired) electrons. The first kappa shape index (κ1) is 20.1. The zero-order valence-electron chi connectivity index (χ0n) is 13.1. The van der Waals surface area contributed by atoms with Crippen molar-refractivity contribution in [2.24, 2.45) is 5.10 Å². The van der Waals surface area contributed by atoms with Crippen LogP contribution in [0.25, 0.3) is 0 Å². The molecule has 0 bridgehead atoms. The van der Waals surface area contributed by atoms with E-state index in [4.69, 9.17) is 0 Å². The molecule has 2 heterocycles. The number of halogens is 7. The Labute approximate surface area is 141 Å². The topological polar surface area (TPSA) is 70.7 Å². The van der Waals surface area contributed by atoms with Gasteiger partial charge in [-0.25, -0.2) is 17.6 Å². The van der Waals surface area contributed by atoms with Gasteiger partial charge in [0.2, 0.25) is 11.6 Å². The molecule has 146 valence electrons. The Morgan fingerprint density at radius 3 is 2.42 bits per heavy atom. The first-order valence-corrected chi connectivity index (χ1v) is 7.17. The van der Waals surface area contributed by atoms with Gasteiger partial charge in [0.05, 0.1) is 6.54 Å². The number of amides is 1. The molecule has 0 fully saturated rings. The van der Waals surface area contributed by atoms with E-state index in [1.165, 1.54) is 6.92 Å². The second kappa shape index (κ2) is 6.85. The lowest BCUT2D eigenvalue weighted by Crippen LogP contribution is -2.51. The van der Waals surface area contributed by atoms with Crippen LogP contribution in [0.3, 0.4) is 0 Å². The number of hydrogen-bond acceptors (Lipinski definition) is 4. The maximum Gasteiger partial charge on any atom is 0.435 e. The Bertz CT molecular complexity index is 716. The molecule has 0 unspecified atom stereocenters. The predicted molar refractivity (Wildman–Crippen MR) is 72.4 cm³/mol. The molecular formula is C13H13F7N4O2. The molecule has 0 aliphatic carbocycles. The van der Waals surface area contributed by atoms with E-state index in [0.29, 0.717) is 0 Å². The number of aryl methyl sites for hydroxylation is 2. The largest absolute Gasteiger partial charge is 0.435 e. The fourth-order valence-corrected chi connectivity index (χ4v) is 2.34. The van der Waals surface area contributed by atoms with Gasteiger partial charge in [0.15, 0.2) is 5.69 Å². The Hall–Kier alpha value is -2.18. The molecule has 1 atom stereocenters. The van der Waals surface area contributed by atoms with Crippen molar-refractivity contribution < 1.29 is 40.6 Å². The van der Waals surface area contributed by atoms with E-state index >= 15 is 0 Å². The molecule has 6 nitrogen and oxygen atoms in total. The number of aliphatic hydroxyl groups is 1. The van der Waals surface area contributed by atoms with Crippen molar-refractivity contribution >= 4 is 11.6 Å². The average Bonchev–Trinajstić information content (AvgIpc) is 3.06. The zero-order chi connectivity index (χ0) is 19.9. The second-order valence-corrected chi connectivity index (χ2v) is 5.60. The van der Waals surface area contributed by atoms with Crippen LogP contribution in [0.2, 0.25) is 0 Å². The maximum absolute atomic E-state index is 13.0. The van der Waals surface area contributed by atoms with Crippen molar-refractivity contribution in [2.75, 3.05) is 0 Å². The lowest BCUT2D eigenvalue weighted by Gasteiger charge is -2.30. The van der Waals surface area contributed by atoms with Crippen LogP contribution in [0.15, 0.2) is 11.2 Å². The van der Waals surface area contributed by atoms with Crippen LogP contribution in [-0.4, -0.2) is 50.1 Å². The molecule has 1 amide bonds. The molecule has 0 aromatic carbocycles. The number of carbonyl (C=O) groups is 1. The van der Waals surface area contributed by atoms with E-state index in [-0.39, 0.29) is 10.7 Å². The number of aromatic nitrogens is 2. The fourth-order valence-electron chi connectivity index (χ4n) is 2.34. The second-order valence-electron chi connectivity index (χ2n) is 5.60. The summed E-state index contributed by atoms with van der Waals surface area (Å²) in [5.74, 6) is -1.26. The zero-order valence-corrected chi connectivity index (χ0v) is 13.1. The lowest BCUT2D eigenvalue weighted by atomic mass is 10.1. The molecule has 0 saturated heterocycles. The van der Waals surface area contributed by atoms with Crippen LogP contribution in [0, 0.1) is 6.92 Å². The van der Waals surface area contributed by atoms with Gasteiger partial charge < -0.3 is 5.11 Å². The summed E-state index contributed by atoms with van der Waals surface area (Å²) in [5, 5.41) is 16.0. The molecule has 1 aliphatic rings. The SMILES string of the molecule is Cc1cc(C(F)(F)F)nn1CCC(=O)N1N=C(C(F)F)C[C@]1(O)C(F)F. The molecule has 0 spiro atoms. The maximum atomic E-state index is 13.0. The van der Waals surface area contributed by atoms with Crippen molar-refractivity contribution in [2.45, 2.75) is 51.1 Å². The molecule has 13 heteroatoms. The Balaban J connectivity index is 2.15. The summed E-state index contributed by atoms with van der Waals surface area (Å²) in [6.07, 6.45) is -13.4. The number of rotatable bonds is 5. The van der Waals surface area contributed by atoms with Crippen molar-refractivity contribution in [1.82, 2.24) is 14.8 Å². The summed E-state index contributed by atoms with van der Waals surface area (Å²) < 4.78 is 89.9. The Morgan fingerprint density at radius 2 is 1.96 bits per heavy atom. The fraction of sp³-hybridized carbons (Fsp3) is 0.615. The monoisotopic (exact) mass is 390 g/mol. The lowest BCUT2D eigenvalue weighted by molar-refractivity contribution is -0.192. The molecular weight excluding hydrogens is 377 g/mol. The standard InChI is InChI=1S/C13H13F7N4O2/c1-6-4-8(13(18,19)20)22-23(6)3-2-9(25)24-12(26,11(16)17)5-7(21-24)10(14)15/h4,10-11,26H,2-3,5H2,1H3/t12-/m0/s1. The van der Waals surface area contributed by atoms with E-state index in [2.05, 4.69) is 10.2 Å². The highest BCUT2D eigenvalue weighted by Crippen LogP contribution is 2.33. The van der Waals surface area contributed by atoms with E-state index < -0.39 is 61.5 Å². The number of nitrogens with zero attached hydrogens (tertiary/aromatic N) is 4. The average molecular weight is 390 g/mol. The van der Waals surface area contributed by atoms with Gasteiger partial charge in [0, 0.05) is 18.5 Å². The van der Waals surface area contributed by atoms with Gasteiger partial charge in [-0.15, -0.1) is 0 Å². The van der Waals surface area contributed by atoms with Crippen LogP contribution >= 0.6 is 0 Å². The first-order valence-electron chi connectivity index (χ1n) is 7.17. The summed E-state index contributed by atoms with van der Waals surface area (Å²) in [6, 6.07) is 0.725. The third-order valence-corrected chi connectivity index (χ3v) is 3.68. The third kappa shape index (κ3) is 3.81. The van der Waals surface area contributed by atoms with Gasteiger partial charge >= 0.3 is 6.18 Å².